The van der Waals surface area contributed by atoms with E-state index in [9.17, 15) is 45.3 Å². The number of esters is 1. The predicted octanol–water partition coefficient (Wildman–Crippen LogP) is 3.84. The number of carbonyl (C=O) groups excluding carboxylic acids is 1. The Morgan fingerprint density at radius 3 is 2.17 bits per heavy atom. The van der Waals surface area contributed by atoms with Crippen LogP contribution in [0, 0.1) is 50.2 Å². The third-order valence-corrected chi connectivity index (χ3v) is 17.8. The summed E-state index contributed by atoms with van der Waals surface area (Å²) in [6, 6.07) is 0. The standard InChI is InChI=1S/C45H72O14/c1-9-10-21-55-36(52)33-30(48)31(49)34(59-37-32(50)29(47)24(46)22-56-37)38(58-33)57-27-14-15-42(6)25(41(27,4)5)13-16-44(8)26(42)12-11-23-28-35(51)40(2,3)17-19-45(28,39(53)54)20-18-43(23,44)7/h11,24-35,37-38,46-51H,9-10,12-22H2,1-8H3,(H,53,54)/t24-,25-,26+,27-,28+,29-,30-,31-,32+,33-,34+,35-,37-,38+,42-,43+,44+,45-/m0/s1. The fraction of sp³-hybridized carbons (Fsp3) is 0.911. The molecule has 5 aliphatic carbocycles. The normalized spacial score (nSPS) is 50.2. The number of aliphatic hydroxyl groups excluding tert-OH is 6. The molecule has 0 spiro atoms. The van der Waals surface area contributed by atoms with Crippen LogP contribution in [0.5, 0.6) is 0 Å². The minimum atomic E-state index is -1.77. The molecule has 0 radical (unpaired) electrons. The van der Waals surface area contributed by atoms with Crippen LogP contribution < -0.4 is 0 Å². The molecule has 0 aromatic heterocycles. The lowest BCUT2D eigenvalue weighted by atomic mass is 9.33. The predicted molar refractivity (Wildman–Crippen MR) is 212 cm³/mol. The highest BCUT2D eigenvalue weighted by atomic mass is 16.8. The van der Waals surface area contributed by atoms with E-state index >= 15 is 0 Å². The number of unbranched alkanes of at least 4 members (excludes halogenated alkanes) is 1. The summed E-state index contributed by atoms with van der Waals surface area (Å²) in [7, 11) is 0. The maximum atomic E-state index is 13.2. The van der Waals surface area contributed by atoms with E-state index < -0.39 is 102 Å². The largest absolute Gasteiger partial charge is 0.481 e. The van der Waals surface area contributed by atoms with Crippen molar-refractivity contribution in [3.05, 3.63) is 11.6 Å². The number of carboxylic acid groups (broad SMARTS) is 1. The van der Waals surface area contributed by atoms with Crippen LogP contribution in [-0.2, 0) is 33.3 Å². The molecular formula is C45H72O14. The number of allylic oxidation sites excluding steroid dienone is 1. The molecule has 336 valence electrons. The highest BCUT2D eigenvalue weighted by molar-refractivity contribution is 5.77. The summed E-state index contributed by atoms with van der Waals surface area (Å²) >= 11 is 0. The number of carbonyl (C=O) groups is 2. The van der Waals surface area contributed by atoms with Gasteiger partial charge in [0.1, 0.15) is 36.6 Å². The molecular weight excluding hydrogens is 764 g/mol. The lowest BCUT2D eigenvalue weighted by Crippen LogP contribution is -2.67. The highest BCUT2D eigenvalue weighted by Crippen LogP contribution is 2.76. The molecule has 2 aliphatic heterocycles. The summed E-state index contributed by atoms with van der Waals surface area (Å²) < 4.78 is 29.9. The van der Waals surface area contributed by atoms with Gasteiger partial charge in [0.2, 0.25) is 0 Å². The zero-order chi connectivity index (χ0) is 43.2. The fourth-order valence-corrected chi connectivity index (χ4v) is 13.7. The van der Waals surface area contributed by atoms with Gasteiger partial charge >= 0.3 is 11.9 Å². The van der Waals surface area contributed by atoms with Gasteiger partial charge in [0, 0.05) is 5.92 Å². The number of hydrogen-bond donors (Lipinski definition) is 7. The third kappa shape index (κ3) is 6.97. The molecule has 0 aromatic carbocycles. The average molecular weight is 837 g/mol. The highest BCUT2D eigenvalue weighted by Gasteiger charge is 2.71. The zero-order valence-electron chi connectivity index (χ0n) is 36.3. The van der Waals surface area contributed by atoms with Gasteiger partial charge in [-0.25, -0.2) is 4.79 Å². The lowest BCUT2D eigenvalue weighted by Gasteiger charge is -2.71. The van der Waals surface area contributed by atoms with E-state index in [1.807, 2.05) is 6.92 Å². The fourth-order valence-electron chi connectivity index (χ4n) is 13.7. The Bertz CT molecular complexity index is 1620. The van der Waals surface area contributed by atoms with E-state index in [1.54, 1.807) is 0 Å². The Hall–Kier alpha value is -1.72. The minimum absolute atomic E-state index is 0.108. The van der Waals surface area contributed by atoms with Gasteiger partial charge < -0.3 is 59.4 Å². The van der Waals surface area contributed by atoms with E-state index in [-0.39, 0.29) is 41.3 Å². The molecule has 2 saturated heterocycles. The first-order chi connectivity index (χ1) is 27.5. The van der Waals surface area contributed by atoms with Crippen LogP contribution in [0.3, 0.4) is 0 Å². The van der Waals surface area contributed by atoms with Crippen molar-refractivity contribution in [2.75, 3.05) is 13.2 Å². The van der Waals surface area contributed by atoms with Crippen LogP contribution in [0.2, 0.25) is 0 Å². The van der Waals surface area contributed by atoms with Crippen molar-refractivity contribution < 1.29 is 69.0 Å². The topological polar surface area (TPSA) is 222 Å². The van der Waals surface area contributed by atoms with Crippen LogP contribution in [0.25, 0.3) is 0 Å². The second-order valence-electron chi connectivity index (χ2n) is 21.4. The first-order valence-electron chi connectivity index (χ1n) is 22.3. The summed E-state index contributed by atoms with van der Waals surface area (Å²) in [5.74, 6) is -1.65. The SMILES string of the molecule is CCCCOC(=O)[C@H]1O[C@@H](O[C@H]2CC[C@]3(C)[C@H]4CC=C5[C@@H]6[C@H](O)C(C)(C)CC[C@]6(C(=O)O)CC[C@@]5(C)[C@]4(C)CC[C@H]3C2(C)C)[C@H](O[C@@H]2OC[C@H](O)[C@H](O)[C@H]2O)[C@@H](O)[C@@H]1O. The van der Waals surface area contributed by atoms with E-state index in [1.165, 1.54) is 0 Å². The maximum Gasteiger partial charge on any atom is 0.338 e. The number of fused-ring (bicyclic) bond motifs is 7. The van der Waals surface area contributed by atoms with Crippen LogP contribution in [0.4, 0.5) is 0 Å². The van der Waals surface area contributed by atoms with E-state index in [0.717, 1.165) is 44.1 Å². The van der Waals surface area contributed by atoms with E-state index in [2.05, 4.69) is 54.5 Å². The second kappa shape index (κ2) is 15.8. The molecule has 6 fully saturated rings. The molecule has 18 atom stereocenters. The van der Waals surface area contributed by atoms with Gasteiger partial charge in [0.15, 0.2) is 18.7 Å². The van der Waals surface area contributed by atoms with Crippen molar-refractivity contribution in [2.45, 2.75) is 194 Å². The number of aliphatic carboxylic acids is 1. The number of rotatable bonds is 9. The van der Waals surface area contributed by atoms with Gasteiger partial charge in [0.25, 0.3) is 0 Å². The lowest BCUT2D eigenvalue weighted by molar-refractivity contribution is -0.366. The van der Waals surface area contributed by atoms with Crippen molar-refractivity contribution in [3.63, 3.8) is 0 Å². The molecule has 0 bridgehead atoms. The van der Waals surface area contributed by atoms with Gasteiger partial charge in [-0.15, -0.1) is 0 Å². The molecule has 14 heteroatoms. The van der Waals surface area contributed by atoms with Crippen molar-refractivity contribution >= 4 is 11.9 Å². The molecule has 0 aromatic rings. The van der Waals surface area contributed by atoms with Gasteiger partial charge in [-0.1, -0.05) is 73.5 Å². The van der Waals surface area contributed by atoms with E-state index in [4.69, 9.17) is 23.7 Å². The third-order valence-electron chi connectivity index (χ3n) is 17.8. The summed E-state index contributed by atoms with van der Waals surface area (Å²) in [5, 5.41) is 76.6. The maximum absolute atomic E-state index is 13.2. The number of carboxylic acids is 1. The van der Waals surface area contributed by atoms with Crippen molar-refractivity contribution in [3.8, 4) is 0 Å². The summed E-state index contributed by atoms with van der Waals surface area (Å²) in [4.78, 5) is 26.4. The Morgan fingerprint density at radius 2 is 1.49 bits per heavy atom. The summed E-state index contributed by atoms with van der Waals surface area (Å²) in [6.45, 7) is 17.4. The van der Waals surface area contributed by atoms with Crippen LogP contribution in [0.15, 0.2) is 11.6 Å². The van der Waals surface area contributed by atoms with Gasteiger partial charge in [0.05, 0.1) is 30.8 Å². The van der Waals surface area contributed by atoms with Crippen molar-refractivity contribution in [1.82, 2.24) is 0 Å². The van der Waals surface area contributed by atoms with Crippen LogP contribution >= 0.6 is 0 Å². The molecule has 14 nitrogen and oxygen atoms in total. The molecule has 0 amide bonds. The van der Waals surface area contributed by atoms with E-state index in [0.29, 0.717) is 32.1 Å². The molecule has 7 rings (SSSR count). The zero-order valence-corrected chi connectivity index (χ0v) is 36.3. The first-order valence-corrected chi connectivity index (χ1v) is 22.3. The molecule has 7 N–H and O–H groups in total. The molecule has 7 aliphatic rings. The van der Waals surface area contributed by atoms with Crippen LogP contribution in [0.1, 0.15) is 126 Å². The smallest absolute Gasteiger partial charge is 0.338 e. The number of hydrogen-bond acceptors (Lipinski definition) is 13. The van der Waals surface area contributed by atoms with Gasteiger partial charge in [-0.05, 0) is 103 Å². The van der Waals surface area contributed by atoms with Crippen molar-refractivity contribution in [2.24, 2.45) is 50.2 Å². The first kappa shape index (κ1) is 45.3. The Morgan fingerprint density at radius 1 is 0.797 bits per heavy atom. The molecule has 4 saturated carbocycles. The summed E-state index contributed by atoms with van der Waals surface area (Å²) in [5.41, 5.74) is -1.30. The molecule has 2 heterocycles. The van der Waals surface area contributed by atoms with Gasteiger partial charge in [-0.2, -0.15) is 0 Å². The monoisotopic (exact) mass is 836 g/mol. The van der Waals surface area contributed by atoms with Crippen molar-refractivity contribution in [1.29, 1.82) is 0 Å². The Kier molecular flexibility index (Phi) is 12.1. The number of ether oxygens (including phenoxy) is 5. The quantitative estimate of drug-likeness (QED) is 0.0760. The second-order valence-corrected chi connectivity index (χ2v) is 21.4. The minimum Gasteiger partial charge on any atom is -0.481 e. The Balaban J connectivity index is 1.16. The average Bonchev–Trinajstić information content (AvgIpc) is 3.17. The Labute approximate surface area is 349 Å². The van der Waals surface area contributed by atoms with Gasteiger partial charge in [-0.3, -0.25) is 4.79 Å². The molecule has 59 heavy (non-hydrogen) atoms. The molecule has 0 unspecified atom stereocenters. The summed E-state index contributed by atoms with van der Waals surface area (Å²) in [6.07, 6.45) is -5.13. The number of aliphatic hydroxyl groups is 6. The van der Waals surface area contributed by atoms with Crippen LogP contribution in [-0.4, -0.2) is 128 Å².